The zero-order chi connectivity index (χ0) is 13.2. The Labute approximate surface area is 106 Å². The molecule has 0 bridgehead atoms. The maximum absolute atomic E-state index is 11.9. The standard InChI is InChI=1S/C10H11F3N4S/c1-7-3-2-4-8-15-9(16-17(7)8)14-5-6-18-10(11,12)13/h2-4H,5-6H2,1H3,(H,14,16). The van der Waals surface area contributed by atoms with Gasteiger partial charge in [-0.1, -0.05) is 6.07 Å². The fourth-order valence-corrected chi connectivity index (χ4v) is 1.88. The molecular weight excluding hydrogens is 265 g/mol. The van der Waals surface area contributed by atoms with Gasteiger partial charge in [-0.2, -0.15) is 18.2 Å². The van der Waals surface area contributed by atoms with E-state index < -0.39 is 5.51 Å². The topological polar surface area (TPSA) is 42.2 Å². The van der Waals surface area contributed by atoms with Crippen LogP contribution in [0.3, 0.4) is 0 Å². The molecule has 0 saturated carbocycles. The van der Waals surface area contributed by atoms with Crippen molar-refractivity contribution in [2.45, 2.75) is 12.4 Å². The average molecular weight is 276 g/mol. The third-order valence-electron chi connectivity index (χ3n) is 2.20. The maximum Gasteiger partial charge on any atom is 0.441 e. The van der Waals surface area contributed by atoms with Gasteiger partial charge in [-0.05, 0) is 30.8 Å². The molecule has 0 aliphatic carbocycles. The van der Waals surface area contributed by atoms with Gasteiger partial charge in [0, 0.05) is 18.0 Å². The number of nitrogens with zero attached hydrogens (tertiary/aromatic N) is 3. The van der Waals surface area contributed by atoms with Crippen LogP contribution in [-0.4, -0.2) is 32.4 Å². The third-order valence-corrected chi connectivity index (χ3v) is 2.94. The highest BCUT2D eigenvalue weighted by Crippen LogP contribution is 2.29. The molecule has 0 aromatic carbocycles. The number of aromatic nitrogens is 3. The lowest BCUT2D eigenvalue weighted by Gasteiger charge is -2.04. The summed E-state index contributed by atoms with van der Waals surface area (Å²) >= 11 is -0.0620. The Hall–Kier alpha value is -1.44. The van der Waals surface area contributed by atoms with Gasteiger partial charge in [0.25, 0.3) is 0 Å². The summed E-state index contributed by atoms with van der Waals surface area (Å²) in [6.45, 7) is 2.05. The van der Waals surface area contributed by atoms with E-state index in [-0.39, 0.29) is 24.1 Å². The van der Waals surface area contributed by atoms with Crippen molar-refractivity contribution in [3.8, 4) is 0 Å². The minimum atomic E-state index is -4.19. The van der Waals surface area contributed by atoms with Crippen molar-refractivity contribution in [2.24, 2.45) is 0 Å². The number of fused-ring (bicyclic) bond motifs is 1. The fraction of sp³-hybridized carbons (Fsp3) is 0.400. The summed E-state index contributed by atoms with van der Waals surface area (Å²) in [5, 5.41) is 6.92. The SMILES string of the molecule is Cc1cccc2nc(NCCSC(F)(F)F)nn12. The van der Waals surface area contributed by atoms with Gasteiger partial charge < -0.3 is 5.32 Å². The molecule has 2 heterocycles. The molecule has 1 N–H and O–H groups in total. The molecular formula is C10H11F3N4S. The van der Waals surface area contributed by atoms with Crippen molar-refractivity contribution in [2.75, 3.05) is 17.6 Å². The Bertz CT molecular complexity index is 537. The zero-order valence-electron chi connectivity index (χ0n) is 9.53. The van der Waals surface area contributed by atoms with Crippen LogP contribution in [0.5, 0.6) is 0 Å². The van der Waals surface area contributed by atoms with E-state index in [1.165, 1.54) is 0 Å². The number of hydrogen-bond donors (Lipinski definition) is 1. The summed E-state index contributed by atoms with van der Waals surface area (Å²) in [5.74, 6) is 0.268. The molecule has 4 nitrogen and oxygen atoms in total. The van der Waals surface area contributed by atoms with Crippen molar-refractivity contribution in [3.05, 3.63) is 23.9 Å². The quantitative estimate of drug-likeness (QED) is 0.872. The number of nitrogens with one attached hydrogen (secondary N) is 1. The molecule has 0 aliphatic heterocycles. The van der Waals surface area contributed by atoms with Crippen molar-refractivity contribution in [3.63, 3.8) is 0 Å². The van der Waals surface area contributed by atoms with E-state index in [4.69, 9.17) is 0 Å². The van der Waals surface area contributed by atoms with E-state index >= 15 is 0 Å². The predicted molar refractivity (Wildman–Crippen MR) is 64.7 cm³/mol. The first kappa shape index (κ1) is 13.0. The van der Waals surface area contributed by atoms with Gasteiger partial charge in [0.05, 0.1) is 0 Å². The molecule has 2 aromatic rings. The summed E-state index contributed by atoms with van der Waals surface area (Å²) in [7, 11) is 0. The molecule has 18 heavy (non-hydrogen) atoms. The van der Waals surface area contributed by atoms with Gasteiger partial charge in [-0.25, -0.2) is 4.52 Å². The van der Waals surface area contributed by atoms with Gasteiger partial charge in [0.15, 0.2) is 5.65 Å². The Kier molecular flexibility index (Phi) is 3.65. The molecule has 2 rings (SSSR count). The molecule has 0 aliphatic rings. The van der Waals surface area contributed by atoms with E-state index in [1.807, 2.05) is 19.1 Å². The van der Waals surface area contributed by atoms with E-state index in [0.717, 1.165) is 5.69 Å². The highest BCUT2D eigenvalue weighted by Gasteiger charge is 2.27. The minimum absolute atomic E-state index is 0.0620. The van der Waals surface area contributed by atoms with Crippen molar-refractivity contribution in [1.82, 2.24) is 14.6 Å². The highest BCUT2D eigenvalue weighted by molar-refractivity contribution is 8.00. The van der Waals surface area contributed by atoms with E-state index in [9.17, 15) is 13.2 Å². The fourth-order valence-electron chi connectivity index (χ4n) is 1.44. The number of hydrogen-bond acceptors (Lipinski definition) is 4. The van der Waals surface area contributed by atoms with Crippen LogP contribution in [-0.2, 0) is 0 Å². The molecule has 0 fully saturated rings. The van der Waals surface area contributed by atoms with Crippen LogP contribution in [0.15, 0.2) is 18.2 Å². The lowest BCUT2D eigenvalue weighted by molar-refractivity contribution is -0.0327. The Morgan fingerprint density at radius 2 is 2.17 bits per heavy atom. The normalized spacial score (nSPS) is 12.0. The number of aryl methyl sites for hydroxylation is 1. The summed E-state index contributed by atoms with van der Waals surface area (Å²) in [5.41, 5.74) is -2.61. The van der Waals surface area contributed by atoms with Crippen LogP contribution in [0.25, 0.3) is 5.65 Å². The van der Waals surface area contributed by atoms with Crippen LogP contribution in [0, 0.1) is 6.92 Å². The van der Waals surface area contributed by atoms with Crippen LogP contribution in [0.1, 0.15) is 5.69 Å². The van der Waals surface area contributed by atoms with Crippen molar-refractivity contribution >= 4 is 23.4 Å². The number of halogens is 3. The van der Waals surface area contributed by atoms with Gasteiger partial charge in [-0.15, -0.1) is 5.10 Å². The number of rotatable bonds is 4. The highest BCUT2D eigenvalue weighted by atomic mass is 32.2. The van der Waals surface area contributed by atoms with Crippen LogP contribution in [0.4, 0.5) is 19.1 Å². The number of alkyl halides is 3. The van der Waals surface area contributed by atoms with Crippen molar-refractivity contribution < 1.29 is 13.2 Å². The van der Waals surface area contributed by atoms with Gasteiger partial charge in [0.1, 0.15) is 0 Å². The average Bonchev–Trinajstić information content (AvgIpc) is 2.68. The van der Waals surface area contributed by atoms with E-state index in [0.29, 0.717) is 11.6 Å². The molecule has 8 heteroatoms. The second kappa shape index (κ2) is 5.05. The molecule has 2 aromatic heterocycles. The maximum atomic E-state index is 11.9. The smallest absolute Gasteiger partial charge is 0.352 e. The Balaban J connectivity index is 1.94. The zero-order valence-corrected chi connectivity index (χ0v) is 10.3. The molecule has 98 valence electrons. The molecule has 0 amide bonds. The molecule has 0 radical (unpaired) electrons. The first-order valence-corrected chi connectivity index (χ1v) is 6.21. The summed E-state index contributed by atoms with van der Waals surface area (Å²) in [6.07, 6.45) is 0. The largest absolute Gasteiger partial charge is 0.441 e. The summed E-state index contributed by atoms with van der Waals surface area (Å²) in [6, 6.07) is 5.52. The number of thioether (sulfide) groups is 1. The monoisotopic (exact) mass is 276 g/mol. The molecule has 0 atom stereocenters. The molecule has 0 saturated heterocycles. The first-order valence-electron chi connectivity index (χ1n) is 5.23. The van der Waals surface area contributed by atoms with Crippen molar-refractivity contribution in [1.29, 1.82) is 0 Å². The van der Waals surface area contributed by atoms with E-state index in [2.05, 4.69) is 15.4 Å². The lowest BCUT2D eigenvalue weighted by atomic mass is 10.4. The van der Waals surface area contributed by atoms with E-state index in [1.54, 1.807) is 10.6 Å². The number of anilines is 1. The minimum Gasteiger partial charge on any atom is -0.352 e. The van der Waals surface area contributed by atoms with Crippen LogP contribution in [0.2, 0.25) is 0 Å². The Morgan fingerprint density at radius 1 is 1.39 bits per heavy atom. The van der Waals surface area contributed by atoms with Crippen LogP contribution >= 0.6 is 11.8 Å². The summed E-state index contributed by atoms with van der Waals surface area (Å²) in [4.78, 5) is 4.16. The van der Waals surface area contributed by atoms with Gasteiger partial charge in [0.2, 0.25) is 5.95 Å². The van der Waals surface area contributed by atoms with Gasteiger partial charge >= 0.3 is 5.51 Å². The van der Waals surface area contributed by atoms with Crippen LogP contribution < -0.4 is 5.32 Å². The third kappa shape index (κ3) is 3.28. The van der Waals surface area contributed by atoms with Gasteiger partial charge in [-0.3, -0.25) is 0 Å². The first-order chi connectivity index (χ1) is 8.46. The Morgan fingerprint density at radius 3 is 2.83 bits per heavy atom. The number of pyridine rings is 1. The second-order valence-corrected chi connectivity index (χ2v) is 4.75. The summed E-state index contributed by atoms with van der Waals surface area (Å²) < 4.78 is 37.3. The lowest BCUT2D eigenvalue weighted by Crippen LogP contribution is -2.10. The molecule has 0 unspecified atom stereocenters. The second-order valence-electron chi connectivity index (χ2n) is 3.59. The molecule has 0 spiro atoms. The predicted octanol–water partition coefficient (Wildman–Crippen LogP) is 2.70.